The normalized spacial score (nSPS) is 12.8. The summed E-state index contributed by atoms with van der Waals surface area (Å²) in [6, 6.07) is 0. The lowest BCUT2D eigenvalue weighted by molar-refractivity contribution is -0.870. The van der Waals surface area contributed by atoms with E-state index in [1.807, 2.05) is 21.1 Å². The third kappa shape index (κ3) is 55.5. The van der Waals surface area contributed by atoms with Gasteiger partial charge >= 0.3 is 11.9 Å². The maximum absolute atomic E-state index is 12.8. The van der Waals surface area contributed by atoms with Crippen molar-refractivity contribution in [2.24, 2.45) is 0 Å². The quantitative estimate of drug-likeness (QED) is 0.0195. The number of carbonyl (C=O) groups excluding carboxylic acids is 3. The van der Waals surface area contributed by atoms with Crippen molar-refractivity contribution in [1.29, 1.82) is 0 Å². The molecule has 0 saturated heterocycles. The zero-order valence-corrected chi connectivity index (χ0v) is 48.3. The molecule has 0 N–H and O–H groups in total. The van der Waals surface area contributed by atoms with Crippen LogP contribution in [0.15, 0.2) is 24.3 Å². The van der Waals surface area contributed by atoms with Crippen LogP contribution < -0.4 is 5.11 Å². The van der Waals surface area contributed by atoms with E-state index in [0.29, 0.717) is 23.9 Å². The molecule has 9 heteroatoms. The molecule has 0 amide bonds. The summed E-state index contributed by atoms with van der Waals surface area (Å²) in [5.74, 6) is -2.28. The maximum atomic E-state index is 12.8. The number of aliphatic carboxylic acids is 1. The van der Waals surface area contributed by atoms with Crippen molar-refractivity contribution in [2.75, 3.05) is 47.5 Å². The molecule has 0 aromatic heterocycles. The number of carboxylic acid groups (broad SMARTS) is 1. The molecule has 0 radical (unpaired) electrons. The van der Waals surface area contributed by atoms with Gasteiger partial charge in [0, 0.05) is 12.8 Å². The summed E-state index contributed by atoms with van der Waals surface area (Å²) in [7, 11) is 5.92. The van der Waals surface area contributed by atoms with Crippen LogP contribution in [0.3, 0.4) is 0 Å². The number of quaternary nitrogens is 1. The van der Waals surface area contributed by atoms with Crippen LogP contribution in [0.25, 0.3) is 0 Å². The number of allylic oxidation sites excluding steroid dienone is 4. The van der Waals surface area contributed by atoms with Gasteiger partial charge in [-0.1, -0.05) is 269 Å². The van der Waals surface area contributed by atoms with E-state index in [-0.39, 0.29) is 32.2 Å². The molecule has 424 valence electrons. The van der Waals surface area contributed by atoms with Gasteiger partial charge in [0.1, 0.15) is 13.2 Å². The fourth-order valence-electron chi connectivity index (χ4n) is 9.16. The number of ether oxygens (including phenoxy) is 4. The summed E-state index contributed by atoms with van der Waals surface area (Å²) in [4.78, 5) is 37.3. The first-order chi connectivity index (χ1) is 35.1. The Labute approximate surface area is 446 Å². The second-order valence-electron chi connectivity index (χ2n) is 22.4. The van der Waals surface area contributed by atoms with Gasteiger partial charge in [0.15, 0.2) is 12.4 Å². The summed E-state index contributed by atoms with van der Waals surface area (Å²) in [6.45, 7) is 4.76. The maximum Gasteiger partial charge on any atom is 0.306 e. The Balaban J connectivity index is 4.06. The van der Waals surface area contributed by atoms with Crippen molar-refractivity contribution in [3.8, 4) is 0 Å². The molecular weight excluding hydrogens is 899 g/mol. The molecule has 0 heterocycles. The topological polar surface area (TPSA) is 111 Å². The molecule has 72 heavy (non-hydrogen) atoms. The minimum atomic E-state index is -1.62. The minimum Gasteiger partial charge on any atom is -0.545 e. The van der Waals surface area contributed by atoms with E-state index in [1.165, 1.54) is 212 Å². The molecule has 0 aliphatic carbocycles. The first-order valence-electron chi connectivity index (χ1n) is 31.0. The Morgan fingerprint density at radius 1 is 0.417 bits per heavy atom. The Morgan fingerprint density at radius 3 is 1.11 bits per heavy atom. The highest BCUT2D eigenvalue weighted by atomic mass is 16.7. The number of hydrogen-bond acceptors (Lipinski definition) is 8. The summed E-state index contributed by atoms with van der Waals surface area (Å²) in [5, 5.41) is 11.8. The van der Waals surface area contributed by atoms with Gasteiger partial charge in [-0.3, -0.25) is 9.59 Å². The molecule has 0 spiro atoms. The fraction of sp³-hybridized carbons (Fsp3) is 0.889. The number of hydrogen-bond donors (Lipinski definition) is 0. The predicted molar refractivity (Wildman–Crippen MR) is 302 cm³/mol. The molecule has 0 aromatic rings. The Hall–Kier alpha value is -2.23. The standard InChI is InChI=1S/C63H119NO8/c1-6-8-10-12-14-16-18-20-22-24-25-26-27-28-29-30-31-32-33-34-35-36-37-38-40-41-43-45-47-49-51-53-60(65)70-57-59(58-71-63(62(67)68)69-56-55-64(3,4)5)72-61(66)54-52-50-48-46-44-42-39-23-21-19-17-15-13-11-9-7-2/h17,19,23,39,59,63H,6-16,18,20-22,24-38,40-58H2,1-5H3/b19-17-,39-23-. The first-order valence-corrected chi connectivity index (χ1v) is 31.0. The highest BCUT2D eigenvalue weighted by molar-refractivity contribution is 5.70. The largest absolute Gasteiger partial charge is 0.545 e. The van der Waals surface area contributed by atoms with E-state index in [4.69, 9.17) is 18.9 Å². The van der Waals surface area contributed by atoms with E-state index in [1.54, 1.807) is 0 Å². The minimum absolute atomic E-state index is 0.147. The Bertz CT molecular complexity index is 1230. The van der Waals surface area contributed by atoms with Crippen molar-refractivity contribution < 1.29 is 42.9 Å². The van der Waals surface area contributed by atoms with Crippen molar-refractivity contribution in [3.63, 3.8) is 0 Å². The molecule has 2 unspecified atom stereocenters. The summed E-state index contributed by atoms with van der Waals surface area (Å²) >= 11 is 0. The SMILES string of the molecule is CCCCCC/C=C\C/C=C\CCCCCCCC(=O)OC(COC(=O)CCCCCCCCCCCCCCCCCCCCCCCCCCCCCCCCC)COC(OCC[N+](C)(C)C)C(=O)[O-]. The third-order valence-electron chi connectivity index (χ3n) is 14.0. The van der Waals surface area contributed by atoms with Crippen LogP contribution in [0.4, 0.5) is 0 Å². The number of esters is 2. The van der Waals surface area contributed by atoms with Crippen molar-refractivity contribution in [1.82, 2.24) is 0 Å². The number of unbranched alkanes of at least 4 members (excludes halogenated alkanes) is 39. The molecule has 0 aliphatic rings. The highest BCUT2D eigenvalue weighted by Crippen LogP contribution is 2.18. The fourth-order valence-corrected chi connectivity index (χ4v) is 9.16. The number of likely N-dealkylation sites (N-methyl/N-ethyl adjacent to an activating group) is 1. The van der Waals surface area contributed by atoms with Crippen LogP contribution in [0.2, 0.25) is 0 Å². The molecule has 2 atom stereocenters. The smallest absolute Gasteiger partial charge is 0.306 e. The Kier molecular flexibility index (Phi) is 53.3. The predicted octanol–water partition coefficient (Wildman–Crippen LogP) is 17.0. The molecule has 0 aliphatic heterocycles. The zero-order valence-electron chi connectivity index (χ0n) is 48.3. The molecule has 0 rings (SSSR count). The third-order valence-corrected chi connectivity index (χ3v) is 14.0. The van der Waals surface area contributed by atoms with Crippen LogP contribution in [0.5, 0.6) is 0 Å². The molecule has 0 aromatic carbocycles. The van der Waals surface area contributed by atoms with E-state index >= 15 is 0 Å². The van der Waals surface area contributed by atoms with Crippen molar-refractivity contribution in [2.45, 2.75) is 315 Å². The van der Waals surface area contributed by atoms with Gasteiger partial charge in [0.25, 0.3) is 0 Å². The molecule has 0 bridgehead atoms. The molecule has 0 fully saturated rings. The van der Waals surface area contributed by atoms with Gasteiger partial charge in [-0.05, 0) is 44.9 Å². The monoisotopic (exact) mass is 1020 g/mol. The molecule has 9 nitrogen and oxygen atoms in total. The first kappa shape index (κ1) is 69.8. The summed E-state index contributed by atoms with van der Waals surface area (Å²) in [5.41, 5.74) is 0. The summed E-state index contributed by atoms with van der Waals surface area (Å²) in [6.07, 6.45) is 62.5. The van der Waals surface area contributed by atoms with Crippen molar-refractivity contribution >= 4 is 17.9 Å². The van der Waals surface area contributed by atoms with Crippen LogP contribution >= 0.6 is 0 Å². The van der Waals surface area contributed by atoms with Gasteiger partial charge in [-0.2, -0.15) is 0 Å². The van der Waals surface area contributed by atoms with Crippen molar-refractivity contribution in [3.05, 3.63) is 24.3 Å². The van der Waals surface area contributed by atoms with Gasteiger partial charge in [0.2, 0.25) is 0 Å². The van der Waals surface area contributed by atoms with E-state index in [0.717, 1.165) is 57.8 Å². The number of rotatable bonds is 58. The second kappa shape index (κ2) is 55.0. The lowest BCUT2D eigenvalue weighted by Gasteiger charge is -2.26. The molecule has 0 saturated carbocycles. The average Bonchev–Trinajstić information content (AvgIpc) is 3.35. The van der Waals surface area contributed by atoms with Crippen LogP contribution in [0, 0.1) is 0 Å². The summed E-state index contributed by atoms with van der Waals surface area (Å²) < 4.78 is 22.7. The zero-order chi connectivity index (χ0) is 52.7. The lowest BCUT2D eigenvalue weighted by atomic mass is 10.0. The molecular formula is C63H119NO8. The van der Waals surface area contributed by atoms with Gasteiger partial charge < -0.3 is 33.3 Å². The van der Waals surface area contributed by atoms with E-state index in [9.17, 15) is 19.5 Å². The van der Waals surface area contributed by atoms with Crippen LogP contribution in [-0.4, -0.2) is 82.3 Å². The second-order valence-corrected chi connectivity index (χ2v) is 22.4. The van der Waals surface area contributed by atoms with Crippen LogP contribution in [-0.2, 0) is 33.3 Å². The van der Waals surface area contributed by atoms with Gasteiger partial charge in [-0.15, -0.1) is 0 Å². The Morgan fingerprint density at radius 2 is 0.750 bits per heavy atom. The number of nitrogens with zero attached hydrogens (tertiary/aromatic N) is 1. The van der Waals surface area contributed by atoms with Gasteiger partial charge in [-0.25, -0.2) is 0 Å². The van der Waals surface area contributed by atoms with E-state index in [2.05, 4.69) is 38.2 Å². The average molecular weight is 1020 g/mol. The van der Waals surface area contributed by atoms with Gasteiger partial charge in [0.05, 0.1) is 40.3 Å². The number of carboxylic acids is 1. The lowest BCUT2D eigenvalue weighted by Crippen LogP contribution is -2.44. The van der Waals surface area contributed by atoms with E-state index < -0.39 is 24.3 Å². The number of carbonyl (C=O) groups is 3. The highest BCUT2D eigenvalue weighted by Gasteiger charge is 2.22. The van der Waals surface area contributed by atoms with Crippen LogP contribution in [0.1, 0.15) is 303 Å².